The zero-order valence-electron chi connectivity index (χ0n) is 17.7. The van der Waals surface area contributed by atoms with Gasteiger partial charge in [-0.1, -0.05) is 29.4 Å². The van der Waals surface area contributed by atoms with Crippen LogP contribution in [0.2, 0.25) is 0 Å². The van der Waals surface area contributed by atoms with E-state index in [0.717, 1.165) is 10.5 Å². The number of aryl methyl sites for hydroxylation is 1. The van der Waals surface area contributed by atoms with E-state index in [-0.39, 0.29) is 24.1 Å². The van der Waals surface area contributed by atoms with Crippen molar-refractivity contribution in [2.24, 2.45) is 0 Å². The number of rotatable bonds is 6. The first-order valence-corrected chi connectivity index (χ1v) is 11.3. The van der Waals surface area contributed by atoms with Crippen molar-refractivity contribution in [2.75, 3.05) is 26.2 Å². The van der Waals surface area contributed by atoms with Gasteiger partial charge in [0.05, 0.1) is 17.7 Å². The molecule has 2 amide bonds. The molecule has 166 valence electrons. The summed E-state index contributed by atoms with van der Waals surface area (Å²) < 4.78 is 18.2. The number of nitrogens with zero attached hydrogens (tertiary/aromatic N) is 4. The van der Waals surface area contributed by atoms with Gasteiger partial charge in [-0.05, 0) is 36.8 Å². The summed E-state index contributed by atoms with van der Waals surface area (Å²) in [6, 6.07) is 13.4. The molecular formula is C23H23FN4O3S. The summed E-state index contributed by atoms with van der Waals surface area (Å²) in [5.74, 6) is 1.19. The summed E-state index contributed by atoms with van der Waals surface area (Å²) in [6.07, 6.45) is 0.225. The minimum Gasteiger partial charge on any atom is -0.339 e. The Bertz CT molecular complexity index is 1090. The van der Waals surface area contributed by atoms with Crippen molar-refractivity contribution >= 4 is 23.6 Å². The van der Waals surface area contributed by atoms with Crippen molar-refractivity contribution in [3.8, 4) is 0 Å². The van der Waals surface area contributed by atoms with E-state index in [1.165, 1.54) is 23.9 Å². The lowest BCUT2D eigenvalue weighted by Gasteiger charge is -2.35. The minimum atomic E-state index is -0.320. The molecule has 3 aromatic rings. The van der Waals surface area contributed by atoms with E-state index < -0.39 is 0 Å². The molecule has 2 aromatic carbocycles. The summed E-state index contributed by atoms with van der Waals surface area (Å²) in [5.41, 5.74) is 1.40. The number of hydrogen-bond acceptors (Lipinski definition) is 6. The van der Waals surface area contributed by atoms with E-state index in [0.29, 0.717) is 49.2 Å². The maximum absolute atomic E-state index is 13.2. The predicted molar refractivity (Wildman–Crippen MR) is 118 cm³/mol. The Labute approximate surface area is 189 Å². The van der Waals surface area contributed by atoms with Crippen LogP contribution in [0.25, 0.3) is 0 Å². The fraction of sp³-hybridized carbons (Fsp3) is 0.304. The third kappa shape index (κ3) is 5.34. The van der Waals surface area contributed by atoms with E-state index >= 15 is 0 Å². The molecule has 1 aromatic heterocycles. The van der Waals surface area contributed by atoms with Crippen LogP contribution in [0.3, 0.4) is 0 Å². The number of amides is 2. The molecule has 1 aliphatic heterocycles. The SMILES string of the molecule is Cc1noc(CSc2ccccc2C(=O)N2CCN(C(=O)Cc3ccc(F)cc3)CC2)n1. The van der Waals surface area contributed by atoms with E-state index in [1.54, 1.807) is 28.9 Å². The predicted octanol–water partition coefficient (Wildman–Crippen LogP) is 3.34. The number of hydrogen-bond donors (Lipinski definition) is 0. The first-order chi connectivity index (χ1) is 15.5. The van der Waals surface area contributed by atoms with Gasteiger partial charge in [0.25, 0.3) is 5.91 Å². The number of aromatic nitrogens is 2. The van der Waals surface area contributed by atoms with Gasteiger partial charge in [0.15, 0.2) is 5.82 Å². The van der Waals surface area contributed by atoms with Crippen molar-refractivity contribution in [2.45, 2.75) is 24.0 Å². The Morgan fingerprint density at radius 2 is 1.72 bits per heavy atom. The molecule has 0 spiro atoms. The summed E-state index contributed by atoms with van der Waals surface area (Å²) in [7, 11) is 0. The van der Waals surface area contributed by atoms with Crippen molar-refractivity contribution in [1.29, 1.82) is 0 Å². The van der Waals surface area contributed by atoms with E-state index in [9.17, 15) is 14.0 Å². The normalized spacial score (nSPS) is 13.9. The molecule has 0 N–H and O–H groups in total. The molecule has 0 atom stereocenters. The van der Waals surface area contributed by atoms with Gasteiger partial charge >= 0.3 is 0 Å². The van der Waals surface area contributed by atoms with E-state index in [1.807, 2.05) is 24.3 Å². The molecule has 2 heterocycles. The second-order valence-corrected chi connectivity index (χ2v) is 8.51. The average Bonchev–Trinajstić information content (AvgIpc) is 3.24. The number of carbonyl (C=O) groups excluding carboxylic acids is 2. The minimum absolute atomic E-state index is 0.0190. The molecule has 4 rings (SSSR count). The van der Waals surface area contributed by atoms with Gasteiger partial charge in [-0.25, -0.2) is 4.39 Å². The molecule has 9 heteroatoms. The highest BCUT2D eigenvalue weighted by molar-refractivity contribution is 7.98. The molecule has 1 aliphatic rings. The first kappa shape index (κ1) is 22.0. The highest BCUT2D eigenvalue weighted by atomic mass is 32.2. The molecule has 0 aliphatic carbocycles. The smallest absolute Gasteiger partial charge is 0.255 e. The van der Waals surface area contributed by atoms with Gasteiger partial charge in [-0.15, -0.1) is 11.8 Å². The number of thioether (sulfide) groups is 1. The number of benzene rings is 2. The fourth-order valence-corrected chi connectivity index (χ4v) is 4.41. The van der Waals surface area contributed by atoms with Crippen LogP contribution in [-0.2, 0) is 17.0 Å². The molecule has 1 fully saturated rings. The van der Waals surface area contributed by atoms with Gasteiger partial charge in [-0.3, -0.25) is 9.59 Å². The van der Waals surface area contributed by atoms with Crippen molar-refractivity contribution in [3.05, 3.63) is 77.2 Å². The van der Waals surface area contributed by atoms with E-state index in [2.05, 4.69) is 10.1 Å². The summed E-state index contributed by atoms with van der Waals surface area (Å²) in [5, 5.41) is 3.79. The third-order valence-electron chi connectivity index (χ3n) is 5.23. The van der Waals surface area contributed by atoms with Crippen LogP contribution < -0.4 is 0 Å². The second-order valence-electron chi connectivity index (χ2n) is 7.50. The molecule has 0 radical (unpaired) electrons. The lowest BCUT2D eigenvalue weighted by Crippen LogP contribution is -2.51. The zero-order valence-corrected chi connectivity index (χ0v) is 18.5. The number of carbonyl (C=O) groups is 2. The lowest BCUT2D eigenvalue weighted by molar-refractivity contribution is -0.131. The van der Waals surface area contributed by atoms with Crippen molar-refractivity contribution in [3.63, 3.8) is 0 Å². The Balaban J connectivity index is 1.34. The van der Waals surface area contributed by atoms with E-state index in [4.69, 9.17) is 4.52 Å². The second kappa shape index (κ2) is 9.95. The Hall–Kier alpha value is -3.20. The van der Waals surface area contributed by atoms with Crippen LogP contribution in [0.1, 0.15) is 27.6 Å². The summed E-state index contributed by atoms with van der Waals surface area (Å²) >= 11 is 1.48. The van der Waals surface area contributed by atoms with Crippen LogP contribution in [0.4, 0.5) is 4.39 Å². The molecule has 0 unspecified atom stereocenters. The molecule has 32 heavy (non-hydrogen) atoms. The van der Waals surface area contributed by atoms with Crippen LogP contribution in [0, 0.1) is 12.7 Å². The van der Waals surface area contributed by atoms with Crippen LogP contribution in [-0.4, -0.2) is 57.9 Å². The first-order valence-electron chi connectivity index (χ1n) is 10.3. The fourth-order valence-electron chi connectivity index (χ4n) is 3.53. The van der Waals surface area contributed by atoms with Crippen LogP contribution >= 0.6 is 11.8 Å². The van der Waals surface area contributed by atoms with Crippen molar-refractivity contribution in [1.82, 2.24) is 19.9 Å². The quantitative estimate of drug-likeness (QED) is 0.532. The summed E-state index contributed by atoms with van der Waals surface area (Å²) in [6.45, 7) is 3.65. The molecule has 0 saturated carbocycles. The molecular weight excluding hydrogens is 431 g/mol. The molecule has 1 saturated heterocycles. The Morgan fingerprint density at radius 3 is 2.41 bits per heavy atom. The zero-order chi connectivity index (χ0) is 22.5. The third-order valence-corrected chi connectivity index (χ3v) is 6.28. The maximum Gasteiger partial charge on any atom is 0.255 e. The van der Waals surface area contributed by atoms with Gasteiger partial charge < -0.3 is 14.3 Å². The number of piperazine rings is 1. The van der Waals surface area contributed by atoms with Gasteiger partial charge in [-0.2, -0.15) is 4.98 Å². The monoisotopic (exact) mass is 454 g/mol. The average molecular weight is 455 g/mol. The topological polar surface area (TPSA) is 79.5 Å². The summed E-state index contributed by atoms with van der Waals surface area (Å²) in [4.78, 5) is 34.3. The Morgan fingerprint density at radius 1 is 1.03 bits per heavy atom. The molecule has 0 bridgehead atoms. The largest absolute Gasteiger partial charge is 0.339 e. The standard InChI is InChI=1S/C23H23FN4O3S/c1-16-25-21(31-26-16)15-32-20-5-3-2-4-19(20)23(30)28-12-10-27(11-13-28)22(29)14-17-6-8-18(24)9-7-17/h2-9H,10-15H2,1H3. The van der Waals surface area contributed by atoms with Crippen LogP contribution in [0.5, 0.6) is 0 Å². The van der Waals surface area contributed by atoms with Gasteiger partial charge in [0.2, 0.25) is 11.8 Å². The highest BCUT2D eigenvalue weighted by Crippen LogP contribution is 2.27. The molecule has 7 nitrogen and oxygen atoms in total. The lowest BCUT2D eigenvalue weighted by atomic mass is 10.1. The maximum atomic E-state index is 13.2. The Kier molecular flexibility index (Phi) is 6.84. The van der Waals surface area contributed by atoms with Crippen molar-refractivity contribution < 1.29 is 18.5 Å². The van der Waals surface area contributed by atoms with Gasteiger partial charge in [0.1, 0.15) is 5.82 Å². The highest BCUT2D eigenvalue weighted by Gasteiger charge is 2.26. The van der Waals surface area contributed by atoms with Crippen LogP contribution in [0.15, 0.2) is 57.9 Å². The number of halogens is 1. The van der Waals surface area contributed by atoms with Gasteiger partial charge in [0, 0.05) is 31.1 Å².